The number of aromatic amines is 1. The predicted molar refractivity (Wildman–Crippen MR) is 99.0 cm³/mol. The molecule has 1 aliphatic rings. The highest BCUT2D eigenvalue weighted by Gasteiger charge is 2.30. The first-order chi connectivity index (χ1) is 13.4. The topological polar surface area (TPSA) is 69.8 Å². The van der Waals surface area contributed by atoms with Crippen LogP contribution in [0.3, 0.4) is 0 Å². The highest BCUT2D eigenvalue weighted by Crippen LogP contribution is 2.27. The van der Waals surface area contributed by atoms with E-state index < -0.39 is 6.55 Å². The third kappa shape index (κ3) is 3.35. The van der Waals surface area contributed by atoms with E-state index in [4.69, 9.17) is 0 Å². The van der Waals surface area contributed by atoms with E-state index in [1.807, 2.05) is 40.9 Å². The largest absolute Gasteiger partial charge is 0.338 e. The standard InChI is InChI=1S/C19H20F2N6O/c1-12(28)26-8-7-17-16(11-26)18(24-25(17)2)23-15-5-3-13(4-6-15)14-9-22-27(10-14)19(20)21/h3-6,9-10,19H,7-8,11H2,1-2H3,(H,23,24)/p+1. The lowest BCUT2D eigenvalue weighted by molar-refractivity contribution is -0.733. The smallest absolute Gasteiger partial charge is 0.333 e. The summed E-state index contributed by atoms with van der Waals surface area (Å²) in [7, 11) is 1.96. The van der Waals surface area contributed by atoms with E-state index in [0.29, 0.717) is 23.3 Å². The second-order valence-electron chi connectivity index (χ2n) is 6.85. The number of hydrogen-bond acceptors (Lipinski definition) is 3. The van der Waals surface area contributed by atoms with Crippen LogP contribution in [-0.4, -0.2) is 32.2 Å². The summed E-state index contributed by atoms with van der Waals surface area (Å²) >= 11 is 0. The maximum Gasteiger partial charge on any atom is 0.333 e. The first kappa shape index (κ1) is 18.1. The Hall–Kier alpha value is -3.23. The summed E-state index contributed by atoms with van der Waals surface area (Å²) in [6.45, 7) is 0.215. The second kappa shape index (κ2) is 7.06. The molecule has 1 aromatic carbocycles. The molecular formula is C19H21F2N6O+. The van der Waals surface area contributed by atoms with Gasteiger partial charge in [0.05, 0.1) is 24.7 Å². The number of halogens is 2. The normalized spacial score (nSPS) is 13.7. The summed E-state index contributed by atoms with van der Waals surface area (Å²) in [5, 5.41) is 10.3. The molecule has 3 aromatic rings. The Bertz CT molecular complexity index is 1010. The Morgan fingerprint density at radius 1 is 1.29 bits per heavy atom. The molecule has 0 unspecified atom stereocenters. The van der Waals surface area contributed by atoms with E-state index in [2.05, 4.69) is 15.5 Å². The highest BCUT2D eigenvalue weighted by molar-refractivity contribution is 5.74. The second-order valence-corrected chi connectivity index (χ2v) is 6.85. The van der Waals surface area contributed by atoms with Crippen molar-refractivity contribution >= 4 is 17.4 Å². The van der Waals surface area contributed by atoms with Crippen LogP contribution in [0.15, 0.2) is 36.7 Å². The van der Waals surface area contributed by atoms with Crippen molar-refractivity contribution in [1.29, 1.82) is 0 Å². The first-order valence-electron chi connectivity index (χ1n) is 8.97. The van der Waals surface area contributed by atoms with Crippen molar-refractivity contribution in [1.82, 2.24) is 19.8 Å². The predicted octanol–water partition coefficient (Wildman–Crippen LogP) is 2.75. The van der Waals surface area contributed by atoms with Crippen molar-refractivity contribution < 1.29 is 18.3 Å². The lowest BCUT2D eigenvalue weighted by atomic mass is 10.1. The minimum Gasteiger partial charge on any atom is -0.338 e. The fourth-order valence-electron chi connectivity index (χ4n) is 3.51. The number of carbonyl (C=O) groups excluding carboxylic acids is 1. The zero-order valence-corrected chi connectivity index (χ0v) is 15.6. The minimum absolute atomic E-state index is 0.0640. The highest BCUT2D eigenvalue weighted by atomic mass is 19.3. The van der Waals surface area contributed by atoms with Crippen LogP contribution in [0.4, 0.5) is 20.3 Å². The number of hydrogen-bond donors (Lipinski definition) is 2. The average Bonchev–Trinajstić information content (AvgIpc) is 3.28. The Labute approximate surface area is 160 Å². The third-order valence-corrected chi connectivity index (χ3v) is 5.04. The number of nitrogens with zero attached hydrogens (tertiary/aromatic N) is 4. The van der Waals surface area contributed by atoms with Crippen molar-refractivity contribution in [3.05, 3.63) is 47.9 Å². The Balaban J connectivity index is 1.54. The van der Waals surface area contributed by atoms with Gasteiger partial charge in [-0.25, -0.2) is 4.68 Å². The van der Waals surface area contributed by atoms with Gasteiger partial charge in [0.25, 0.3) is 0 Å². The molecule has 1 aliphatic heterocycles. The van der Waals surface area contributed by atoms with Crippen LogP contribution in [0.2, 0.25) is 0 Å². The number of rotatable bonds is 4. The number of H-pyrrole nitrogens is 1. The summed E-state index contributed by atoms with van der Waals surface area (Å²) in [6.07, 6.45) is 3.55. The summed E-state index contributed by atoms with van der Waals surface area (Å²) in [6, 6.07) is 7.47. The van der Waals surface area contributed by atoms with Gasteiger partial charge in [0.1, 0.15) is 0 Å². The van der Waals surface area contributed by atoms with Gasteiger partial charge in [-0.3, -0.25) is 4.79 Å². The molecule has 0 spiro atoms. The lowest BCUT2D eigenvalue weighted by Gasteiger charge is -2.24. The number of fused-ring (bicyclic) bond motifs is 1. The van der Waals surface area contributed by atoms with Gasteiger partial charge in [-0.2, -0.15) is 13.9 Å². The molecule has 0 saturated heterocycles. The fraction of sp³-hybridized carbons (Fsp3) is 0.316. The van der Waals surface area contributed by atoms with E-state index in [0.717, 1.165) is 29.1 Å². The molecule has 0 radical (unpaired) electrons. The van der Waals surface area contributed by atoms with E-state index in [-0.39, 0.29) is 5.91 Å². The van der Waals surface area contributed by atoms with E-state index in [9.17, 15) is 13.6 Å². The van der Waals surface area contributed by atoms with Gasteiger partial charge < -0.3 is 10.2 Å². The summed E-state index contributed by atoms with van der Waals surface area (Å²) < 4.78 is 28.0. The molecule has 1 amide bonds. The molecule has 2 aromatic heterocycles. The zero-order chi connectivity index (χ0) is 19.8. The van der Waals surface area contributed by atoms with Crippen molar-refractivity contribution in [2.45, 2.75) is 26.4 Å². The number of nitrogens with one attached hydrogen (secondary N) is 2. The lowest BCUT2D eigenvalue weighted by Crippen LogP contribution is -2.41. The van der Waals surface area contributed by atoms with Gasteiger partial charge in [0, 0.05) is 30.9 Å². The van der Waals surface area contributed by atoms with Crippen LogP contribution in [-0.2, 0) is 24.8 Å². The zero-order valence-electron chi connectivity index (χ0n) is 15.6. The maximum atomic E-state index is 12.7. The molecule has 2 N–H and O–H groups in total. The molecule has 0 saturated carbocycles. The molecule has 9 heteroatoms. The van der Waals surface area contributed by atoms with Crippen LogP contribution in [0, 0.1) is 0 Å². The summed E-state index contributed by atoms with van der Waals surface area (Å²) in [5.74, 6) is 0.913. The number of anilines is 2. The Kier molecular flexibility index (Phi) is 4.58. The average molecular weight is 387 g/mol. The van der Waals surface area contributed by atoms with Crippen molar-refractivity contribution in [3.63, 3.8) is 0 Å². The molecular weight excluding hydrogens is 366 g/mol. The molecule has 28 heavy (non-hydrogen) atoms. The van der Waals surface area contributed by atoms with Crippen LogP contribution < -0.4 is 10.00 Å². The van der Waals surface area contributed by atoms with Gasteiger partial charge in [-0.1, -0.05) is 12.1 Å². The van der Waals surface area contributed by atoms with Crippen molar-refractivity contribution in [2.24, 2.45) is 7.05 Å². The van der Waals surface area contributed by atoms with Gasteiger partial charge >= 0.3 is 6.55 Å². The van der Waals surface area contributed by atoms with Gasteiger partial charge in [-0.15, -0.1) is 9.78 Å². The van der Waals surface area contributed by atoms with Crippen molar-refractivity contribution in [2.75, 3.05) is 11.9 Å². The Morgan fingerprint density at radius 3 is 2.68 bits per heavy atom. The number of aryl methyl sites for hydroxylation is 1. The van der Waals surface area contributed by atoms with Gasteiger partial charge in [0.15, 0.2) is 12.9 Å². The third-order valence-electron chi connectivity index (χ3n) is 5.04. The Morgan fingerprint density at radius 2 is 2.04 bits per heavy atom. The number of benzene rings is 1. The summed E-state index contributed by atoms with van der Waals surface area (Å²) in [4.78, 5) is 13.6. The first-order valence-corrected chi connectivity index (χ1v) is 8.97. The molecule has 0 aliphatic carbocycles. The maximum absolute atomic E-state index is 12.7. The van der Waals surface area contributed by atoms with E-state index in [1.54, 1.807) is 6.92 Å². The number of amides is 1. The molecule has 146 valence electrons. The minimum atomic E-state index is -2.65. The molecule has 0 atom stereocenters. The van der Waals surface area contributed by atoms with Crippen LogP contribution in [0.25, 0.3) is 11.1 Å². The van der Waals surface area contributed by atoms with Crippen LogP contribution in [0.1, 0.15) is 24.7 Å². The van der Waals surface area contributed by atoms with Gasteiger partial charge in [0.2, 0.25) is 11.6 Å². The molecule has 0 bridgehead atoms. The quantitative estimate of drug-likeness (QED) is 0.677. The molecule has 0 fully saturated rings. The van der Waals surface area contributed by atoms with Crippen LogP contribution >= 0.6 is 0 Å². The van der Waals surface area contributed by atoms with Crippen molar-refractivity contribution in [3.8, 4) is 11.1 Å². The van der Waals surface area contributed by atoms with E-state index >= 15 is 0 Å². The van der Waals surface area contributed by atoms with Crippen LogP contribution in [0.5, 0.6) is 0 Å². The number of aromatic nitrogens is 4. The monoisotopic (exact) mass is 387 g/mol. The number of alkyl halides is 2. The van der Waals surface area contributed by atoms with E-state index in [1.165, 1.54) is 18.1 Å². The number of carbonyl (C=O) groups is 1. The SMILES string of the molecule is CC(=O)N1CCc2c(c(Nc3ccc(-c4cnn(C(F)F)c4)cc3)[nH][n+]2C)C1. The molecule has 7 nitrogen and oxygen atoms in total. The fourth-order valence-corrected chi connectivity index (χ4v) is 3.51. The van der Waals surface area contributed by atoms with Gasteiger partial charge in [-0.05, 0) is 17.7 Å². The summed E-state index contributed by atoms with van der Waals surface area (Å²) in [5.41, 5.74) is 4.55. The molecule has 3 heterocycles. The molecule has 4 rings (SSSR count).